The van der Waals surface area contributed by atoms with E-state index in [1.165, 1.54) is 0 Å². The number of nitrogens with zero attached hydrogens (tertiary/aromatic N) is 1. The Labute approximate surface area is 118 Å². The lowest BCUT2D eigenvalue weighted by molar-refractivity contribution is -0.176. The summed E-state index contributed by atoms with van der Waals surface area (Å²) in [6.07, 6.45) is -3.34. The summed E-state index contributed by atoms with van der Waals surface area (Å²) in [6, 6.07) is 5.54. The van der Waals surface area contributed by atoms with Gasteiger partial charge in [0, 0.05) is 29.8 Å². The van der Waals surface area contributed by atoms with E-state index >= 15 is 0 Å². The number of benzene rings is 1. The zero-order valence-electron chi connectivity index (χ0n) is 10.4. The third kappa shape index (κ3) is 3.42. The highest BCUT2D eigenvalue weighted by Crippen LogP contribution is 2.36. The second-order valence-corrected chi connectivity index (χ2v) is 5.72. The van der Waals surface area contributed by atoms with Crippen molar-refractivity contribution in [2.75, 3.05) is 18.0 Å². The molecule has 1 aromatic rings. The molecule has 0 spiro atoms. The lowest BCUT2D eigenvalue weighted by Crippen LogP contribution is -2.42. The maximum absolute atomic E-state index is 12.8. The van der Waals surface area contributed by atoms with Crippen molar-refractivity contribution in [1.82, 2.24) is 0 Å². The molecule has 19 heavy (non-hydrogen) atoms. The second-order valence-electron chi connectivity index (χ2n) is 4.80. The average Bonchev–Trinajstić information content (AvgIpc) is 2.37. The fourth-order valence-electron chi connectivity index (χ4n) is 2.49. The highest BCUT2D eigenvalue weighted by Gasteiger charge is 2.42. The quantitative estimate of drug-likeness (QED) is 0.892. The van der Waals surface area contributed by atoms with Crippen LogP contribution in [-0.2, 0) is 6.54 Å². The SMILES string of the molecule is NCc1cc(Br)ccc1N1CCCC(C(F)(F)F)C1. The average molecular weight is 337 g/mol. The molecule has 1 aromatic carbocycles. The van der Waals surface area contributed by atoms with Gasteiger partial charge >= 0.3 is 6.18 Å². The molecular weight excluding hydrogens is 321 g/mol. The molecule has 2 nitrogen and oxygen atoms in total. The minimum Gasteiger partial charge on any atom is -0.371 e. The van der Waals surface area contributed by atoms with Crippen molar-refractivity contribution in [3.63, 3.8) is 0 Å². The summed E-state index contributed by atoms with van der Waals surface area (Å²) in [4.78, 5) is 1.80. The van der Waals surface area contributed by atoms with Gasteiger partial charge < -0.3 is 10.6 Å². The van der Waals surface area contributed by atoms with Gasteiger partial charge in [-0.05, 0) is 36.6 Å². The fraction of sp³-hybridized carbons (Fsp3) is 0.538. The molecule has 1 aliphatic rings. The molecule has 106 valence electrons. The Bertz CT molecular complexity index is 448. The van der Waals surface area contributed by atoms with Gasteiger partial charge in [-0.25, -0.2) is 0 Å². The molecule has 2 N–H and O–H groups in total. The first-order chi connectivity index (χ1) is 8.91. The van der Waals surface area contributed by atoms with E-state index in [4.69, 9.17) is 5.73 Å². The summed E-state index contributed by atoms with van der Waals surface area (Å²) < 4.78 is 39.3. The van der Waals surface area contributed by atoms with Crippen molar-refractivity contribution >= 4 is 21.6 Å². The van der Waals surface area contributed by atoms with Gasteiger partial charge in [-0.3, -0.25) is 0 Å². The lowest BCUT2D eigenvalue weighted by atomic mass is 9.96. The van der Waals surface area contributed by atoms with Crippen molar-refractivity contribution in [1.29, 1.82) is 0 Å². The summed E-state index contributed by atoms with van der Waals surface area (Å²) in [5.74, 6) is -1.24. The summed E-state index contributed by atoms with van der Waals surface area (Å²) in [7, 11) is 0. The zero-order chi connectivity index (χ0) is 14.0. The molecule has 1 aliphatic heterocycles. The van der Waals surface area contributed by atoms with Crippen LogP contribution < -0.4 is 10.6 Å². The van der Waals surface area contributed by atoms with Crippen LogP contribution in [0.3, 0.4) is 0 Å². The number of alkyl halides is 3. The molecule has 1 fully saturated rings. The zero-order valence-corrected chi connectivity index (χ0v) is 12.0. The van der Waals surface area contributed by atoms with Crippen LogP contribution >= 0.6 is 15.9 Å². The number of piperidine rings is 1. The van der Waals surface area contributed by atoms with E-state index in [0.29, 0.717) is 19.5 Å². The van der Waals surface area contributed by atoms with Gasteiger partial charge in [-0.15, -0.1) is 0 Å². The Balaban J connectivity index is 2.22. The number of rotatable bonds is 2. The Morgan fingerprint density at radius 2 is 2.11 bits per heavy atom. The van der Waals surface area contributed by atoms with Crippen LogP contribution in [0.15, 0.2) is 22.7 Å². The first-order valence-corrected chi connectivity index (χ1v) is 7.01. The minimum absolute atomic E-state index is 0.0259. The predicted molar refractivity (Wildman–Crippen MR) is 73.0 cm³/mol. The summed E-state index contributed by atoms with van der Waals surface area (Å²) in [5.41, 5.74) is 7.37. The Kier molecular flexibility index (Phi) is 4.40. The highest BCUT2D eigenvalue weighted by molar-refractivity contribution is 9.10. The first kappa shape index (κ1) is 14.7. The number of hydrogen-bond donors (Lipinski definition) is 1. The van der Waals surface area contributed by atoms with Crippen molar-refractivity contribution in [3.8, 4) is 0 Å². The standard InChI is InChI=1S/C13H16BrF3N2/c14-11-3-4-12(9(6-11)7-18)19-5-1-2-10(8-19)13(15,16)17/h3-4,6,10H,1-2,5,7-8,18H2. The van der Waals surface area contributed by atoms with Crippen LogP contribution in [0.1, 0.15) is 18.4 Å². The van der Waals surface area contributed by atoms with Crippen LogP contribution in [0, 0.1) is 5.92 Å². The molecule has 0 amide bonds. The van der Waals surface area contributed by atoms with Gasteiger partial charge in [0.25, 0.3) is 0 Å². The maximum Gasteiger partial charge on any atom is 0.393 e. The van der Waals surface area contributed by atoms with Crippen LogP contribution in [0.2, 0.25) is 0 Å². The molecule has 0 aliphatic carbocycles. The third-order valence-corrected chi connectivity index (χ3v) is 3.98. The van der Waals surface area contributed by atoms with E-state index in [9.17, 15) is 13.2 Å². The summed E-state index contributed by atoms with van der Waals surface area (Å²) >= 11 is 3.35. The summed E-state index contributed by atoms with van der Waals surface area (Å²) in [5, 5.41) is 0. The van der Waals surface area contributed by atoms with Crippen molar-refractivity contribution in [3.05, 3.63) is 28.2 Å². The van der Waals surface area contributed by atoms with Gasteiger partial charge in [-0.1, -0.05) is 15.9 Å². The minimum atomic E-state index is -4.11. The van der Waals surface area contributed by atoms with Gasteiger partial charge in [0.15, 0.2) is 0 Å². The first-order valence-electron chi connectivity index (χ1n) is 6.22. The highest BCUT2D eigenvalue weighted by atomic mass is 79.9. The molecule has 0 radical (unpaired) electrons. The van der Waals surface area contributed by atoms with Gasteiger partial charge in [0.2, 0.25) is 0 Å². The number of hydrogen-bond acceptors (Lipinski definition) is 2. The molecule has 1 unspecified atom stereocenters. The molecule has 1 saturated heterocycles. The summed E-state index contributed by atoms with van der Waals surface area (Å²) in [6.45, 7) is 1.00. The molecule has 0 saturated carbocycles. The lowest BCUT2D eigenvalue weighted by Gasteiger charge is -2.36. The van der Waals surface area contributed by atoms with Crippen LogP contribution in [0.4, 0.5) is 18.9 Å². The van der Waals surface area contributed by atoms with Crippen molar-refractivity contribution in [2.24, 2.45) is 11.7 Å². The Morgan fingerprint density at radius 3 is 2.74 bits per heavy atom. The number of anilines is 1. The van der Waals surface area contributed by atoms with E-state index in [-0.39, 0.29) is 13.0 Å². The van der Waals surface area contributed by atoms with E-state index in [1.807, 2.05) is 18.2 Å². The fourth-order valence-corrected chi connectivity index (χ4v) is 2.90. The van der Waals surface area contributed by atoms with Crippen molar-refractivity contribution in [2.45, 2.75) is 25.6 Å². The van der Waals surface area contributed by atoms with Gasteiger partial charge in [0.1, 0.15) is 0 Å². The predicted octanol–water partition coefficient (Wildman–Crippen LogP) is 3.69. The molecule has 2 rings (SSSR count). The van der Waals surface area contributed by atoms with Crippen LogP contribution in [0.5, 0.6) is 0 Å². The maximum atomic E-state index is 12.8. The van der Waals surface area contributed by atoms with E-state index in [0.717, 1.165) is 15.7 Å². The van der Waals surface area contributed by atoms with E-state index < -0.39 is 12.1 Å². The molecule has 6 heteroatoms. The molecule has 0 bridgehead atoms. The van der Waals surface area contributed by atoms with Gasteiger partial charge in [-0.2, -0.15) is 13.2 Å². The van der Waals surface area contributed by atoms with Crippen LogP contribution in [0.25, 0.3) is 0 Å². The Morgan fingerprint density at radius 1 is 1.37 bits per heavy atom. The van der Waals surface area contributed by atoms with Gasteiger partial charge in [0.05, 0.1) is 5.92 Å². The number of halogens is 4. The topological polar surface area (TPSA) is 29.3 Å². The van der Waals surface area contributed by atoms with E-state index in [2.05, 4.69) is 15.9 Å². The molecule has 1 heterocycles. The van der Waals surface area contributed by atoms with Crippen molar-refractivity contribution < 1.29 is 13.2 Å². The second kappa shape index (κ2) is 5.71. The normalized spacial score (nSPS) is 20.7. The monoisotopic (exact) mass is 336 g/mol. The third-order valence-electron chi connectivity index (χ3n) is 3.49. The molecule has 0 aromatic heterocycles. The smallest absolute Gasteiger partial charge is 0.371 e. The Hall–Kier alpha value is -0.750. The molecule has 1 atom stereocenters. The van der Waals surface area contributed by atoms with Crippen LogP contribution in [-0.4, -0.2) is 19.3 Å². The largest absolute Gasteiger partial charge is 0.393 e. The van der Waals surface area contributed by atoms with E-state index in [1.54, 1.807) is 4.90 Å². The number of nitrogens with two attached hydrogens (primary N) is 1. The molecular formula is C13H16BrF3N2.